The Kier molecular flexibility index (Phi) is 6.58. The van der Waals surface area contributed by atoms with E-state index in [0.717, 1.165) is 17.3 Å². The van der Waals surface area contributed by atoms with Gasteiger partial charge < -0.3 is 14.8 Å². The van der Waals surface area contributed by atoms with Crippen LogP contribution in [0.25, 0.3) is 0 Å². The van der Waals surface area contributed by atoms with Gasteiger partial charge in [-0.2, -0.15) is 0 Å². The lowest BCUT2D eigenvalue weighted by molar-refractivity contribution is 0.0857. The summed E-state index contributed by atoms with van der Waals surface area (Å²) in [5, 5.41) is 2.79. The number of hydrogen-bond donors (Lipinski definition) is 2. The second kappa shape index (κ2) is 8.93. The molecule has 1 atom stereocenters. The van der Waals surface area contributed by atoms with Crippen LogP contribution in [0.2, 0.25) is 0 Å². The number of methoxy groups -OCH3 is 1. The minimum Gasteiger partial charge on any atom is -0.495 e. The maximum atomic E-state index is 12.9. The maximum Gasteiger partial charge on any atom is 0.265 e. The number of hydrogen-bond acceptors (Lipinski definition) is 5. The van der Waals surface area contributed by atoms with Crippen LogP contribution in [0.3, 0.4) is 0 Å². The van der Waals surface area contributed by atoms with Crippen LogP contribution >= 0.6 is 15.9 Å². The normalized spacial score (nSPS) is 16.6. The number of amides is 1. The molecule has 3 rings (SSSR count). The Morgan fingerprint density at radius 1 is 1.25 bits per heavy atom. The molecule has 0 saturated carbocycles. The predicted molar refractivity (Wildman–Crippen MR) is 109 cm³/mol. The van der Waals surface area contributed by atoms with Gasteiger partial charge in [-0.15, -0.1) is 0 Å². The Morgan fingerprint density at radius 3 is 2.64 bits per heavy atom. The van der Waals surface area contributed by atoms with Crippen LogP contribution in [0.15, 0.2) is 51.8 Å². The fourth-order valence-electron chi connectivity index (χ4n) is 2.87. The third-order valence-electron chi connectivity index (χ3n) is 4.33. The number of carbonyl (C=O) groups excluding carboxylic acids is 1. The lowest BCUT2D eigenvalue weighted by Gasteiger charge is -2.14. The van der Waals surface area contributed by atoms with Gasteiger partial charge in [0, 0.05) is 28.9 Å². The average molecular weight is 469 g/mol. The highest BCUT2D eigenvalue weighted by Gasteiger charge is 2.23. The summed E-state index contributed by atoms with van der Waals surface area (Å²) in [6, 6.07) is 11.0. The van der Waals surface area contributed by atoms with Gasteiger partial charge in [0.05, 0.1) is 13.2 Å². The largest absolute Gasteiger partial charge is 0.495 e. The highest BCUT2D eigenvalue weighted by Crippen LogP contribution is 2.27. The molecule has 0 bridgehead atoms. The Morgan fingerprint density at radius 2 is 2.00 bits per heavy atom. The standard InChI is InChI=1S/C19H21BrN2O5S/c1-26-17-9-4-13(19(23)21-12-16-3-2-10-27-16)11-18(17)28(24,25)22-15-7-5-14(20)6-8-15/h4-9,11,16,22H,2-3,10,12H2,1H3,(H,21,23). The molecule has 1 fully saturated rings. The Bertz CT molecular complexity index is 941. The number of nitrogens with one attached hydrogen (secondary N) is 2. The zero-order valence-corrected chi connectivity index (χ0v) is 17.7. The van der Waals surface area contributed by atoms with Gasteiger partial charge in [-0.3, -0.25) is 9.52 Å². The van der Waals surface area contributed by atoms with Crippen LogP contribution in [0.1, 0.15) is 23.2 Å². The van der Waals surface area contributed by atoms with Gasteiger partial charge >= 0.3 is 0 Å². The molecule has 7 nitrogen and oxygen atoms in total. The van der Waals surface area contributed by atoms with E-state index in [1.54, 1.807) is 24.3 Å². The molecule has 1 saturated heterocycles. The van der Waals surface area contributed by atoms with E-state index < -0.39 is 10.0 Å². The summed E-state index contributed by atoms with van der Waals surface area (Å²) in [6.45, 7) is 1.09. The lowest BCUT2D eigenvalue weighted by atomic mass is 10.2. The fraction of sp³-hybridized carbons (Fsp3) is 0.316. The van der Waals surface area contributed by atoms with Gasteiger partial charge in [0.2, 0.25) is 0 Å². The Labute approximate surface area is 172 Å². The first kappa shape index (κ1) is 20.6. The molecule has 0 aromatic heterocycles. The molecular weight excluding hydrogens is 448 g/mol. The van der Waals surface area contributed by atoms with Crippen molar-refractivity contribution in [2.24, 2.45) is 0 Å². The van der Waals surface area contributed by atoms with E-state index in [1.807, 2.05) is 0 Å². The summed E-state index contributed by atoms with van der Waals surface area (Å²) < 4.78 is 39.7. The number of carbonyl (C=O) groups is 1. The van der Waals surface area contributed by atoms with Crippen LogP contribution in [-0.4, -0.2) is 40.7 Å². The van der Waals surface area contributed by atoms with Crippen molar-refractivity contribution in [3.63, 3.8) is 0 Å². The Hall–Kier alpha value is -2.10. The summed E-state index contributed by atoms with van der Waals surface area (Å²) in [7, 11) is -2.57. The van der Waals surface area contributed by atoms with Gasteiger partial charge in [-0.05, 0) is 55.3 Å². The number of sulfonamides is 1. The first-order valence-corrected chi connectivity index (χ1v) is 11.0. The molecule has 1 amide bonds. The minimum absolute atomic E-state index is 0.00414. The van der Waals surface area contributed by atoms with Gasteiger partial charge in [0.25, 0.3) is 15.9 Å². The van der Waals surface area contributed by atoms with E-state index in [0.29, 0.717) is 18.8 Å². The van der Waals surface area contributed by atoms with Crippen LogP contribution in [0.4, 0.5) is 5.69 Å². The van der Waals surface area contributed by atoms with E-state index >= 15 is 0 Å². The van der Waals surface area contributed by atoms with Crippen molar-refractivity contribution in [3.8, 4) is 5.75 Å². The van der Waals surface area contributed by atoms with E-state index in [-0.39, 0.29) is 28.2 Å². The van der Waals surface area contributed by atoms with Crippen LogP contribution in [0, 0.1) is 0 Å². The van der Waals surface area contributed by atoms with Crippen molar-refractivity contribution in [2.75, 3.05) is 25.0 Å². The molecule has 150 valence electrons. The molecule has 9 heteroatoms. The number of rotatable bonds is 7. The molecule has 2 N–H and O–H groups in total. The zero-order chi connectivity index (χ0) is 20.1. The molecular formula is C19H21BrN2O5S. The highest BCUT2D eigenvalue weighted by atomic mass is 79.9. The molecule has 1 aliphatic rings. The van der Waals surface area contributed by atoms with Crippen molar-refractivity contribution < 1.29 is 22.7 Å². The van der Waals surface area contributed by atoms with Gasteiger partial charge in [0.1, 0.15) is 10.6 Å². The summed E-state index contributed by atoms with van der Waals surface area (Å²) in [4.78, 5) is 12.3. The van der Waals surface area contributed by atoms with E-state index in [2.05, 4.69) is 26.0 Å². The van der Waals surface area contributed by atoms with Crippen molar-refractivity contribution in [2.45, 2.75) is 23.8 Å². The summed E-state index contributed by atoms with van der Waals surface area (Å²) in [5.74, 6) is -0.210. The number of ether oxygens (including phenoxy) is 2. The SMILES string of the molecule is COc1ccc(C(=O)NCC2CCCO2)cc1S(=O)(=O)Nc1ccc(Br)cc1. The fourth-order valence-corrected chi connectivity index (χ4v) is 4.39. The molecule has 1 aliphatic heterocycles. The topological polar surface area (TPSA) is 93.7 Å². The minimum atomic E-state index is -3.95. The summed E-state index contributed by atoms with van der Waals surface area (Å²) >= 11 is 3.31. The smallest absolute Gasteiger partial charge is 0.265 e. The molecule has 1 unspecified atom stereocenters. The maximum absolute atomic E-state index is 12.9. The lowest BCUT2D eigenvalue weighted by Crippen LogP contribution is -2.31. The van der Waals surface area contributed by atoms with Crippen LogP contribution in [-0.2, 0) is 14.8 Å². The molecule has 0 aliphatic carbocycles. The van der Waals surface area contributed by atoms with Crippen LogP contribution < -0.4 is 14.8 Å². The molecule has 0 spiro atoms. The third-order valence-corrected chi connectivity index (χ3v) is 6.26. The second-order valence-corrected chi connectivity index (χ2v) is 8.89. The van der Waals surface area contributed by atoms with E-state index in [9.17, 15) is 13.2 Å². The van der Waals surface area contributed by atoms with Crippen molar-refractivity contribution in [1.82, 2.24) is 5.32 Å². The first-order valence-electron chi connectivity index (χ1n) is 8.75. The third kappa shape index (κ3) is 5.03. The number of anilines is 1. The molecule has 2 aromatic carbocycles. The number of halogens is 1. The molecule has 2 aromatic rings. The Balaban J connectivity index is 1.81. The second-order valence-electron chi connectivity index (χ2n) is 6.32. The summed E-state index contributed by atoms with van der Waals surface area (Å²) in [6.07, 6.45) is 1.89. The average Bonchev–Trinajstić information content (AvgIpc) is 3.21. The predicted octanol–water partition coefficient (Wildman–Crippen LogP) is 3.17. The van der Waals surface area contributed by atoms with E-state index in [4.69, 9.17) is 9.47 Å². The van der Waals surface area contributed by atoms with Gasteiger partial charge in [-0.1, -0.05) is 15.9 Å². The van der Waals surface area contributed by atoms with Crippen molar-refractivity contribution in [1.29, 1.82) is 0 Å². The molecule has 1 heterocycles. The molecule has 0 radical (unpaired) electrons. The van der Waals surface area contributed by atoms with Crippen LogP contribution in [0.5, 0.6) is 5.75 Å². The first-order chi connectivity index (χ1) is 13.4. The van der Waals surface area contributed by atoms with E-state index in [1.165, 1.54) is 25.3 Å². The highest BCUT2D eigenvalue weighted by molar-refractivity contribution is 9.10. The molecule has 28 heavy (non-hydrogen) atoms. The van der Waals surface area contributed by atoms with Crippen molar-refractivity contribution in [3.05, 3.63) is 52.5 Å². The monoisotopic (exact) mass is 468 g/mol. The number of benzene rings is 2. The zero-order valence-electron chi connectivity index (χ0n) is 15.3. The quantitative estimate of drug-likeness (QED) is 0.650. The van der Waals surface area contributed by atoms with Gasteiger partial charge in [0.15, 0.2) is 0 Å². The van der Waals surface area contributed by atoms with Crippen molar-refractivity contribution >= 4 is 37.5 Å². The van der Waals surface area contributed by atoms with Gasteiger partial charge in [-0.25, -0.2) is 8.42 Å². The summed E-state index contributed by atoms with van der Waals surface area (Å²) in [5.41, 5.74) is 0.633.